The van der Waals surface area contributed by atoms with E-state index in [9.17, 15) is 4.79 Å². The fourth-order valence-corrected chi connectivity index (χ4v) is 1.69. The number of benzene rings is 1. The second kappa shape index (κ2) is 4.84. The van der Waals surface area contributed by atoms with Gasteiger partial charge in [0.1, 0.15) is 5.60 Å². The number of fused-ring (bicyclic) bond motifs is 1. The Hall–Kier alpha value is -2.17. The SMILES string of the molecule is Cc1nc(NC(=O)OC(C)(C)C)nc2ccccc12. The van der Waals surface area contributed by atoms with Crippen molar-refractivity contribution in [3.05, 3.63) is 30.0 Å². The molecule has 1 N–H and O–H groups in total. The predicted molar refractivity (Wildman–Crippen MR) is 74.1 cm³/mol. The first-order chi connectivity index (χ1) is 8.85. The zero-order chi connectivity index (χ0) is 14.0. The summed E-state index contributed by atoms with van der Waals surface area (Å²) in [6.45, 7) is 7.29. The van der Waals surface area contributed by atoms with Gasteiger partial charge in [-0.05, 0) is 33.8 Å². The van der Waals surface area contributed by atoms with Gasteiger partial charge in [-0.3, -0.25) is 5.32 Å². The third kappa shape index (κ3) is 3.40. The predicted octanol–water partition coefficient (Wildman–Crippen LogP) is 3.29. The lowest BCUT2D eigenvalue weighted by Crippen LogP contribution is -2.27. The number of ether oxygens (including phenoxy) is 1. The molecule has 0 spiro atoms. The van der Waals surface area contributed by atoms with Gasteiger partial charge >= 0.3 is 6.09 Å². The first-order valence-corrected chi connectivity index (χ1v) is 6.08. The molecule has 1 aromatic heterocycles. The molecule has 0 unspecified atom stereocenters. The number of aryl methyl sites for hydroxylation is 1. The van der Waals surface area contributed by atoms with Gasteiger partial charge in [-0.2, -0.15) is 0 Å². The number of hydrogen-bond acceptors (Lipinski definition) is 4. The second-order valence-electron chi connectivity index (χ2n) is 5.28. The Balaban J connectivity index is 2.24. The lowest BCUT2D eigenvalue weighted by molar-refractivity contribution is 0.0634. The molecule has 0 fully saturated rings. The molecule has 1 heterocycles. The van der Waals surface area contributed by atoms with E-state index in [1.54, 1.807) is 20.8 Å². The molecule has 0 aliphatic rings. The third-order valence-electron chi connectivity index (χ3n) is 2.41. The van der Waals surface area contributed by atoms with Crippen molar-refractivity contribution in [3.8, 4) is 0 Å². The number of para-hydroxylation sites is 1. The van der Waals surface area contributed by atoms with E-state index in [1.807, 2.05) is 31.2 Å². The van der Waals surface area contributed by atoms with Gasteiger partial charge in [0.05, 0.1) is 11.2 Å². The van der Waals surface area contributed by atoms with Crippen LogP contribution >= 0.6 is 0 Å². The number of hydrogen-bond donors (Lipinski definition) is 1. The average molecular weight is 259 g/mol. The van der Waals surface area contributed by atoms with E-state index in [1.165, 1.54) is 0 Å². The molecular formula is C14H17N3O2. The monoisotopic (exact) mass is 259 g/mol. The largest absolute Gasteiger partial charge is 0.444 e. The molecular weight excluding hydrogens is 242 g/mol. The third-order valence-corrected chi connectivity index (χ3v) is 2.41. The molecule has 0 atom stereocenters. The molecule has 0 bridgehead atoms. The fraction of sp³-hybridized carbons (Fsp3) is 0.357. The first-order valence-electron chi connectivity index (χ1n) is 6.08. The van der Waals surface area contributed by atoms with Crippen LogP contribution < -0.4 is 5.32 Å². The highest BCUT2D eigenvalue weighted by Crippen LogP contribution is 2.17. The van der Waals surface area contributed by atoms with Crippen LogP contribution in [0.5, 0.6) is 0 Å². The Labute approximate surface area is 112 Å². The van der Waals surface area contributed by atoms with E-state index in [0.717, 1.165) is 16.6 Å². The van der Waals surface area contributed by atoms with Crippen molar-refractivity contribution in [2.45, 2.75) is 33.3 Å². The summed E-state index contributed by atoms with van der Waals surface area (Å²) in [6, 6.07) is 7.65. The van der Waals surface area contributed by atoms with Crippen LogP contribution in [0.25, 0.3) is 10.9 Å². The highest BCUT2D eigenvalue weighted by atomic mass is 16.6. The molecule has 5 heteroatoms. The number of carbonyl (C=O) groups excluding carboxylic acids is 1. The quantitative estimate of drug-likeness (QED) is 0.853. The Morgan fingerprint density at radius 1 is 1.21 bits per heavy atom. The number of rotatable bonds is 1. The van der Waals surface area contributed by atoms with E-state index < -0.39 is 11.7 Å². The van der Waals surface area contributed by atoms with Crippen LogP contribution in [0.15, 0.2) is 24.3 Å². The lowest BCUT2D eigenvalue weighted by Gasteiger charge is -2.19. The number of aromatic nitrogens is 2. The minimum atomic E-state index is -0.554. The van der Waals surface area contributed by atoms with Gasteiger partial charge in [0.15, 0.2) is 0 Å². The van der Waals surface area contributed by atoms with E-state index in [0.29, 0.717) is 0 Å². The molecule has 2 rings (SSSR count). The lowest BCUT2D eigenvalue weighted by atomic mass is 10.2. The molecule has 19 heavy (non-hydrogen) atoms. The minimum Gasteiger partial charge on any atom is -0.444 e. The molecule has 0 aliphatic carbocycles. The van der Waals surface area contributed by atoms with Crippen LogP contribution in [-0.2, 0) is 4.74 Å². The molecule has 1 aromatic carbocycles. The Morgan fingerprint density at radius 2 is 1.89 bits per heavy atom. The number of nitrogens with one attached hydrogen (secondary N) is 1. The Morgan fingerprint density at radius 3 is 2.58 bits per heavy atom. The zero-order valence-electron chi connectivity index (χ0n) is 11.5. The van der Waals surface area contributed by atoms with Gasteiger partial charge in [0, 0.05) is 5.39 Å². The van der Waals surface area contributed by atoms with Gasteiger partial charge in [-0.15, -0.1) is 0 Å². The standard InChI is InChI=1S/C14H17N3O2/c1-9-10-7-5-6-8-11(10)16-12(15-9)17-13(18)19-14(2,3)4/h5-8H,1-4H3,(H,15,16,17,18). The molecule has 0 aliphatic heterocycles. The van der Waals surface area contributed by atoms with Crippen LogP contribution in [0.1, 0.15) is 26.5 Å². The van der Waals surface area contributed by atoms with Crippen molar-refractivity contribution in [2.75, 3.05) is 5.32 Å². The van der Waals surface area contributed by atoms with Crippen LogP contribution in [0.3, 0.4) is 0 Å². The number of carbonyl (C=O) groups is 1. The summed E-state index contributed by atoms with van der Waals surface area (Å²) < 4.78 is 5.16. The van der Waals surface area contributed by atoms with Crippen molar-refractivity contribution in [1.29, 1.82) is 0 Å². The minimum absolute atomic E-state index is 0.255. The summed E-state index contributed by atoms with van der Waals surface area (Å²) in [4.78, 5) is 20.2. The summed E-state index contributed by atoms with van der Waals surface area (Å²) in [5.41, 5.74) is 1.06. The van der Waals surface area contributed by atoms with Crippen molar-refractivity contribution in [3.63, 3.8) is 0 Å². The first kappa shape index (κ1) is 13.3. The molecule has 5 nitrogen and oxygen atoms in total. The second-order valence-corrected chi connectivity index (χ2v) is 5.28. The van der Waals surface area contributed by atoms with Crippen molar-refractivity contribution < 1.29 is 9.53 Å². The number of nitrogens with zero attached hydrogens (tertiary/aromatic N) is 2. The highest BCUT2D eigenvalue weighted by molar-refractivity contribution is 5.86. The van der Waals surface area contributed by atoms with Crippen LogP contribution in [0.4, 0.5) is 10.7 Å². The summed E-state index contributed by atoms with van der Waals surface area (Å²) in [6.07, 6.45) is -0.554. The van der Waals surface area contributed by atoms with Crippen molar-refractivity contribution in [2.24, 2.45) is 0 Å². The molecule has 2 aromatic rings. The topological polar surface area (TPSA) is 64.1 Å². The van der Waals surface area contributed by atoms with Gasteiger partial charge in [-0.1, -0.05) is 18.2 Å². The zero-order valence-corrected chi connectivity index (χ0v) is 11.5. The fourth-order valence-electron chi connectivity index (χ4n) is 1.69. The molecule has 0 saturated carbocycles. The van der Waals surface area contributed by atoms with Gasteiger partial charge < -0.3 is 4.74 Å². The van der Waals surface area contributed by atoms with Gasteiger partial charge in [0.2, 0.25) is 5.95 Å². The maximum atomic E-state index is 11.7. The molecule has 1 amide bonds. The number of anilines is 1. The Kier molecular flexibility index (Phi) is 3.38. The Bertz CT molecular complexity index is 618. The van der Waals surface area contributed by atoms with Crippen molar-refractivity contribution in [1.82, 2.24) is 9.97 Å². The maximum absolute atomic E-state index is 11.7. The summed E-state index contributed by atoms with van der Waals surface area (Å²) >= 11 is 0. The van der Waals surface area contributed by atoms with E-state index in [4.69, 9.17) is 4.74 Å². The van der Waals surface area contributed by atoms with Gasteiger partial charge in [-0.25, -0.2) is 14.8 Å². The normalized spacial score (nSPS) is 11.4. The summed E-state index contributed by atoms with van der Waals surface area (Å²) in [5.74, 6) is 0.255. The molecule has 0 radical (unpaired) electrons. The number of amides is 1. The van der Waals surface area contributed by atoms with Crippen LogP contribution in [0, 0.1) is 6.92 Å². The maximum Gasteiger partial charge on any atom is 0.414 e. The van der Waals surface area contributed by atoms with E-state index in [-0.39, 0.29) is 5.95 Å². The summed E-state index contributed by atoms with van der Waals surface area (Å²) in [5, 5.41) is 3.52. The summed E-state index contributed by atoms with van der Waals surface area (Å²) in [7, 11) is 0. The molecule has 100 valence electrons. The average Bonchev–Trinajstić information content (AvgIpc) is 2.26. The van der Waals surface area contributed by atoms with Crippen molar-refractivity contribution >= 4 is 22.9 Å². The van der Waals surface area contributed by atoms with Gasteiger partial charge in [0.25, 0.3) is 0 Å². The van der Waals surface area contributed by atoms with Crippen LogP contribution in [0.2, 0.25) is 0 Å². The van der Waals surface area contributed by atoms with E-state index in [2.05, 4.69) is 15.3 Å². The van der Waals surface area contributed by atoms with Crippen LogP contribution in [-0.4, -0.2) is 21.7 Å². The highest BCUT2D eigenvalue weighted by Gasteiger charge is 2.17. The van der Waals surface area contributed by atoms with E-state index >= 15 is 0 Å². The molecule has 0 saturated heterocycles. The smallest absolute Gasteiger partial charge is 0.414 e.